The lowest BCUT2D eigenvalue weighted by Crippen LogP contribution is -2.37. The van der Waals surface area contributed by atoms with Crippen LogP contribution in [-0.2, 0) is 13.6 Å². The molecule has 0 aliphatic carbocycles. The molecule has 0 radical (unpaired) electrons. The van der Waals surface area contributed by atoms with Crippen molar-refractivity contribution < 1.29 is 0 Å². The van der Waals surface area contributed by atoms with Crippen LogP contribution in [-0.4, -0.2) is 27.8 Å². The van der Waals surface area contributed by atoms with Gasteiger partial charge in [-0.3, -0.25) is 9.58 Å². The molecular weight excluding hydrogens is 222 g/mol. The first-order valence-electron chi connectivity index (χ1n) is 7.08. The highest BCUT2D eigenvalue weighted by molar-refractivity contribution is 5.08. The molecule has 1 aliphatic heterocycles. The maximum absolute atomic E-state index is 4.55. The summed E-state index contributed by atoms with van der Waals surface area (Å²) in [5, 5.41) is 4.55. The van der Waals surface area contributed by atoms with E-state index in [0.717, 1.165) is 12.5 Å². The minimum atomic E-state index is 0.466. The maximum Gasteiger partial charge on any atom is 0.0767 e. The van der Waals surface area contributed by atoms with Crippen LogP contribution in [0.4, 0.5) is 0 Å². The lowest BCUT2D eigenvalue weighted by Gasteiger charge is -2.38. The standard InChI is InChI=1S/C15H27N3/c1-12-10-14(16-17(12)5)11-18-8-6-13(7-9-18)15(2,3)4/h10,13H,6-9,11H2,1-5H3. The van der Waals surface area contributed by atoms with Crippen molar-refractivity contribution >= 4 is 0 Å². The van der Waals surface area contributed by atoms with Gasteiger partial charge < -0.3 is 0 Å². The molecular formula is C15H27N3. The second-order valence-corrected chi connectivity index (χ2v) is 6.82. The smallest absolute Gasteiger partial charge is 0.0767 e. The Labute approximate surface area is 111 Å². The van der Waals surface area contributed by atoms with Crippen molar-refractivity contribution in [3.63, 3.8) is 0 Å². The van der Waals surface area contributed by atoms with Crippen LogP contribution < -0.4 is 0 Å². The highest BCUT2D eigenvalue weighted by atomic mass is 15.3. The molecule has 0 amide bonds. The summed E-state index contributed by atoms with van der Waals surface area (Å²) in [7, 11) is 2.02. The summed E-state index contributed by atoms with van der Waals surface area (Å²) in [5.74, 6) is 0.874. The second-order valence-electron chi connectivity index (χ2n) is 6.82. The van der Waals surface area contributed by atoms with Gasteiger partial charge in [0.2, 0.25) is 0 Å². The van der Waals surface area contributed by atoms with Crippen molar-refractivity contribution in [2.75, 3.05) is 13.1 Å². The highest BCUT2D eigenvalue weighted by Crippen LogP contribution is 2.34. The van der Waals surface area contributed by atoms with E-state index < -0.39 is 0 Å². The normalized spacial score (nSPS) is 19.4. The molecule has 18 heavy (non-hydrogen) atoms. The van der Waals surface area contributed by atoms with Crippen LogP contribution in [0.25, 0.3) is 0 Å². The number of likely N-dealkylation sites (tertiary alicyclic amines) is 1. The Balaban J connectivity index is 1.87. The summed E-state index contributed by atoms with van der Waals surface area (Å²) in [4.78, 5) is 2.55. The fraction of sp³-hybridized carbons (Fsp3) is 0.800. The van der Waals surface area contributed by atoms with Gasteiger partial charge in [-0.15, -0.1) is 0 Å². The van der Waals surface area contributed by atoms with Crippen molar-refractivity contribution in [3.05, 3.63) is 17.5 Å². The van der Waals surface area contributed by atoms with E-state index in [1.165, 1.54) is 37.3 Å². The van der Waals surface area contributed by atoms with Gasteiger partial charge in [-0.25, -0.2) is 0 Å². The predicted octanol–water partition coefficient (Wildman–Crippen LogP) is 2.99. The SMILES string of the molecule is Cc1cc(CN2CCC(C(C)(C)C)CC2)nn1C. The van der Waals surface area contributed by atoms with Gasteiger partial charge in [0.15, 0.2) is 0 Å². The zero-order valence-corrected chi connectivity index (χ0v) is 12.5. The van der Waals surface area contributed by atoms with Crippen LogP contribution in [0.3, 0.4) is 0 Å². The van der Waals surface area contributed by atoms with Crippen molar-refractivity contribution in [1.29, 1.82) is 0 Å². The van der Waals surface area contributed by atoms with Gasteiger partial charge in [-0.2, -0.15) is 5.10 Å². The Bertz CT molecular complexity index is 373. The largest absolute Gasteiger partial charge is 0.297 e. The molecule has 0 spiro atoms. The summed E-state index contributed by atoms with van der Waals surface area (Å²) < 4.78 is 1.97. The minimum Gasteiger partial charge on any atom is -0.297 e. The Kier molecular flexibility index (Phi) is 3.81. The molecule has 0 N–H and O–H groups in total. The van der Waals surface area contributed by atoms with Crippen molar-refractivity contribution in [2.24, 2.45) is 18.4 Å². The van der Waals surface area contributed by atoms with Gasteiger partial charge in [0.05, 0.1) is 5.69 Å². The molecule has 1 saturated heterocycles. The number of aryl methyl sites for hydroxylation is 2. The monoisotopic (exact) mass is 249 g/mol. The van der Waals surface area contributed by atoms with Crippen molar-refractivity contribution in [3.8, 4) is 0 Å². The number of hydrogen-bond acceptors (Lipinski definition) is 2. The zero-order valence-electron chi connectivity index (χ0n) is 12.5. The highest BCUT2D eigenvalue weighted by Gasteiger charge is 2.28. The van der Waals surface area contributed by atoms with Crippen LogP contribution in [0.5, 0.6) is 0 Å². The summed E-state index contributed by atoms with van der Waals surface area (Å²) in [5.41, 5.74) is 2.92. The Morgan fingerprint density at radius 2 is 1.89 bits per heavy atom. The van der Waals surface area contributed by atoms with Crippen LogP contribution >= 0.6 is 0 Å². The van der Waals surface area contributed by atoms with Crippen LogP contribution in [0.2, 0.25) is 0 Å². The Morgan fingerprint density at radius 3 is 2.33 bits per heavy atom. The molecule has 0 saturated carbocycles. The third-order valence-corrected chi connectivity index (χ3v) is 4.36. The van der Waals surface area contributed by atoms with Gasteiger partial charge in [0.25, 0.3) is 0 Å². The van der Waals surface area contributed by atoms with E-state index in [1.807, 2.05) is 11.7 Å². The lowest BCUT2D eigenvalue weighted by atomic mass is 9.75. The van der Waals surface area contributed by atoms with Crippen molar-refractivity contribution in [1.82, 2.24) is 14.7 Å². The van der Waals surface area contributed by atoms with Gasteiger partial charge in [-0.1, -0.05) is 20.8 Å². The first-order valence-corrected chi connectivity index (χ1v) is 7.08. The van der Waals surface area contributed by atoms with E-state index in [0.29, 0.717) is 5.41 Å². The molecule has 102 valence electrons. The van der Waals surface area contributed by atoms with E-state index in [4.69, 9.17) is 0 Å². The first kappa shape index (κ1) is 13.6. The molecule has 0 bridgehead atoms. The molecule has 3 nitrogen and oxygen atoms in total. The Morgan fingerprint density at radius 1 is 1.28 bits per heavy atom. The number of piperidine rings is 1. The Hall–Kier alpha value is -0.830. The summed E-state index contributed by atoms with van der Waals surface area (Å²) in [6.07, 6.45) is 2.66. The molecule has 1 fully saturated rings. The lowest BCUT2D eigenvalue weighted by molar-refractivity contribution is 0.107. The molecule has 1 aliphatic rings. The fourth-order valence-corrected chi connectivity index (χ4v) is 2.90. The second kappa shape index (κ2) is 5.04. The summed E-state index contributed by atoms with van der Waals surface area (Å²) in [6.45, 7) is 12.7. The van der Waals surface area contributed by atoms with E-state index in [1.54, 1.807) is 0 Å². The molecule has 0 unspecified atom stereocenters. The zero-order chi connectivity index (χ0) is 13.3. The average Bonchev–Trinajstić information content (AvgIpc) is 2.57. The first-order chi connectivity index (χ1) is 8.36. The molecule has 2 rings (SSSR count). The average molecular weight is 249 g/mol. The molecule has 2 heterocycles. The molecule has 0 aromatic carbocycles. The third kappa shape index (κ3) is 3.14. The van der Waals surface area contributed by atoms with Crippen LogP contribution in [0.1, 0.15) is 45.0 Å². The summed E-state index contributed by atoms with van der Waals surface area (Å²) in [6, 6.07) is 2.20. The maximum atomic E-state index is 4.55. The van der Waals surface area contributed by atoms with Gasteiger partial charge >= 0.3 is 0 Å². The van der Waals surface area contributed by atoms with Gasteiger partial charge in [0.1, 0.15) is 0 Å². The predicted molar refractivity (Wildman–Crippen MR) is 75.4 cm³/mol. The van der Waals surface area contributed by atoms with Crippen molar-refractivity contribution in [2.45, 2.75) is 47.1 Å². The van der Waals surface area contributed by atoms with E-state index in [2.05, 4.69) is 43.8 Å². The quantitative estimate of drug-likeness (QED) is 0.803. The molecule has 1 aromatic rings. The molecule has 0 atom stereocenters. The van der Waals surface area contributed by atoms with Crippen LogP contribution in [0.15, 0.2) is 6.07 Å². The topological polar surface area (TPSA) is 21.1 Å². The number of nitrogens with zero attached hydrogens (tertiary/aromatic N) is 3. The number of rotatable bonds is 2. The fourth-order valence-electron chi connectivity index (χ4n) is 2.90. The molecule has 1 aromatic heterocycles. The van der Waals surface area contributed by atoms with E-state index in [-0.39, 0.29) is 0 Å². The van der Waals surface area contributed by atoms with Crippen LogP contribution in [0, 0.1) is 18.3 Å². The number of hydrogen-bond donors (Lipinski definition) is 0. The summed E-state index contributed by atoms with van der Waals surface area (Å²) >= 11 is 0. The number of aromatic nitrogens is 2. The van der Waals surface area contributed by atoms with E-state index >= 15 is 0 Å². The van der Waals surface area contributed by atoms with Gasteiger partial charge in [0, 0.05) is 19.3 Å². The van der Waals surface area contributed by atoms with E-state index in [9.17, 15) is 0 Å². The minimum absolute atomic E-state index is 0.466. The third-order valence-electron chi connectivity index (χ3n) is 4.36. The molecule has 3 heteroatoms. The van der Waals surface area contributed by atoms with Gasteiger partial charge in [-0.05, 0) is 50.3 Å².